The maximum Gasteiger partial charge on any atom is 0.414 e. The molecule has 1 atom stereocenters. The van der Waals surface area contributed by atoms with E-state index in [1.165, 1.54) is 12.1 Å². The minimum Gasteiger partial charge on any atom is -0.465 e. The number of rotatable bonds is 5. The first kappa shape index (κ1) is 19.6. The Morgan fingerprint density at radius 3 is 2.26 bits per heavy atom. The van der Waals surface area contributed by atoms with Crippen molar-refractivity contribution in [2.24, 2.45) is 5.41 Å². The van der Waals surface area contributed by atoms with Gasteiger partial charge in [0.2, 0.25) is 5.91 Å². The number of imide groups is 1. The van der Waals surface area contributed by atoms with Gasteiger partial charge in [-0.25, -0.2) is 14.1 Å². The van der Waals surface area contributed by atoms with E-state index >= 15 is 0 Å². The molecule has 2 amide bonds. The molecule has 1 aromatic carbocycles. The molecule has 2 heterocycles. The first-order valence-electron chi connectivity index (χ1n) is 9.69. The minimum absolute atomic E-state index is 0.241. The van der Waals surface area contributed by atoms with Crippen LogP contribution in [0.15, 0.2) is 24.3 Å². The van der Waals surface area contributed by atoms with Gasteiger partial charge in [-0.3, -0.25) is 9.69 Å². The molecule has 7 heteroatoms. The molecule has 2 saturated heterocycles. The number of likely N-dealkylation sites (tertiary alicyclic amines) is 1. The van der Waals surface area contributed by atoms with Gasteiger partial charge in [0.25, 0.3) is 0 Å². The molecule has 0 bridgehead atoms. The summed E-state index contributed by atoms with van der Waals surface area (Å²) in [6.07, 6.45) is 0.796. The normalized spacial score (nSPS) is 23.1. The SMILES string of the molecule is CCC1(CC)C[C@H](CN2CCN(c3ccc(F)cc3)CC2)N(C(=O)O)C1=O. The van der Waals surface area contributed by atoms with Gasteiger partial charge >= 0.3 is 6.09 Å². The highest BCUT2D eigenvalue weighted by atomic mass is 19.1. The van der Waals surface area contributed by atoms with Gasteiger partial charge in [-0.05, 0) is 43.5 Å². The molecule has 1 aromatic rings. The van der Waals surface area contributed by atoms with Gasteiger partial charge in [-0.1, -0.05) is 13.8 Å². The Labute approximate surface area is 159 Å². The van der Waals surface area contributed by atoms with Crippen molar-refractivity contribution in [3.8, 4) is 0 Å². The molecule has 6 nitrogen and oxygen atoms in total. The number of hydrogen-bond donors (Lipinski definition) is 1. The van der Waals surface area contributed by atoms with Gasteiger partial charge in [-0.15, -0.1) is 0 Å². The van der Waals surface area contributed by atoms with Crippen LogP contribution in [0, 0.1) is 11.2 Å². The third-order valence-electron chi connectivity index (χ3n) is 6.26. The topological polar surface area (TPSA) is 64.1 Å². The van der Waals surface area contributed by atoms with Crippen LogP contribution >= 0.6 is 0 Å². The number of piperazine rings is 1. The standard InChI is InChI=1S/C20H28FN3O3/c1-3-20(4-2)13-17(24(18(20)25)19(26)27)14-22-9-11-23(12-10-22)16-7-5-15(21)6-8-16/h5-8,17H,3-4,9-14H2,1-2H3,(H,26,27)/t17-/m1/s1. The van der Waals surface area contributed by atoms with E-state index in [0.29, 0.717) is 25.8 Å². The molecule has 0 radical (unpaired) electrons. The molecule has 1 N–H and O–H groups in total. The van der Waals surface area contributed by atoms with Crippen molar-refractivity contribution >= 4 is 17.7 Å². The van der Waals surface area contributed by atoms with E-state index in [4.69, 9.17) is 0 Å². The van der Waals surface area contributed by atoms with Crippen molar-refractivity contribution < 1.29 is 19.1 Å². The second kappa shape index (κ2) is 7.84. The first-order valence-corrected chi connectivity index (χ1v) is 9.69. The van der Waals surface area contributed by atoms with Crippen molar-refractivity contribution in [3.05, 3.63) is 30.1 Å². The van der Waals surface area contributed by atoms with Crippen LogP contribution in [0.5, 0.6) is 0 Å². The first-order chi connectivity index (χ1) is 12.9. The smallest absolute Gasteiger partial charge is 0.414 e. The lowest BCUT2D eigenvalue weighted by atomic mass is 9.79. The van der Waals surface area contributed by atoms with Crippen molar-refractivity contribution in [2.75, 3.05) is 37.6 Å². The zero-order valence-corrected chi connectivity index (χ0v) is 16.0. The molecule has 3 rings (SSSR count). The van der Waals surface area contributed by atoms with E-state index < -0.39 is 11.5 Å². The van der Waals surface area contributed by atoms with Gasteiger partial charge in [0.05, 0.1) is 11.5 Å². The molecule has 27 heavy (non-hydrogen) atoms. The Bertz CT molecular complexity index is 682. The Hall–Kier alpha value is -2.15. The number of nitrogens with zero attached hydrogens (tertiary/aromatic N) is 3. The van der Waals surface area contributed by atoms with Crippen LogP contribution in [0.1, 0.15) is 33.1 Å². The molecular formula is C20H28FN3O3. The minimum atomic E-state index is -1.14. The van der Waals surface area contributed by atoms with Crippen molar-refractivity contribution in [3.63, 3.8) is 0 Å². The summed E-state index contributed by atoms with van der Waals surface area (Å²) in [6, 6.07) is 6.21. The van der Waals surface area contributed by atoms with Crippen LogP contribution in [0.25, 0.3) is 0 Å². The van der Waals surface area contributed by atoms with Crippen LogP contribution < -0.4 is 4.90 Å². The Morgan fingerprint density at radius 2 is 1.74 bits per heavy atom. The molecule has 2 aliphatic heterocycles. The van der Waals surface area contributed by atoms with Crippen LogP contribution in [-0.2, 0) is 4.79 Å². The summed E-state index contributed by atoms with van der Waals surface area (Å²) >= 11 is 0. The van der Waals surface area contributed by atoms with Gasteiger partial charge in [-0.2, -0.15) is 0 Å². The van der Waals surface area contributed by atoms with E-state index in [9.17, 15) is 19.1 Å². The van der Waals surface area contributed by atoms with E-state index in [0.717, 1.165) is 36.8 Å². The number of carboxylic acid groups (broad SMARTS) is 1. The van der Waals surface area contributed by atoms with Crippen LogP contribution in [0.2, 0.25) is 0 Å². The lowest BCUT2D eigenvalue weighted by Crippen LogP contribution is -2.51. The van der Waals surface area contributed by atoms with Crippen LogP contribution in [-0.4, -0.2) is 65.7 Å². The Balaban J connectivity index is 1.63. The van der Waals surface area contributed by atoms with Crippen molar-refractivity contribution in [1.29, 1.82) is 0 Å². The predicted octanol–water partition coefficient (Wildman–Crippen LogP) is 3.03. The van der Waals surface area contributed by atoms with Gasteiger partial charge in [0.15, 0.2) is 0 Å². The molecule has 2 fully saturated rings. The summed E-state index contributed by atoms with van der Waals surface area (Å²) in [4.78, 5) is 29.9. The third-order valence-corrected chi connectivity index (χ3v) is 6.26. The molecule has 0 saturated carbocycles. The third kappa shape index (κ3) is 3.78. The lowest BCUT2D eigenvalue weighted by Gasteiger charge is -2.37. The summed E-state index contributed by atoms with van der Waals surface area (Å²) in [6.45, 7) is 7.69. The highest BCUT2D eigenvalue weighted by molar-refractivity contribution is 5.97. The molecule has 0 aromatic heterocycles. The van der Waals surface area contributed by atoms with Crippen LogP contribution in [0.4, 0.5) is 14.9 Å². The number of carbonyl (C=O) groups is 2. The van der Waals surface area contributed by atoms with Gasteiger partial charge in [0, 0.05) is 38.4 Å². The average molecular weight is 377 g/mol. The quantitative estimate of drug-likeness (QED) is 0.855. The largest absolute Gasteiger partial charge is 0.465 e. The maximum absolute atomic E-state index is 13.1. The maximum atomic E-state index is 13.1. The Morgan fingerprint density at radius 1 is 1.15 bits per heavy atom. The summed E-state index contributed by atoms with van der Waals surface area (Å²) in [5.74, 6) is -0.484. The van der Waals surface area contributed by atoms with E-state index in [2.05, 4.69) is 9.80 Å². The molecule has 148 valence electrons. The number of amides is 2. The zero-order chi connectivity index (χ0) is 19.6. The highest BCUT2D eigenvalue weighted by Crippen LogP contribution is 2.42. The van der Waals surface area contributed by atoms with E-state index in [1.807, 2.05) is 13.8 Å². The summed E-state index contributed by atoms with van der Waals surface area (Å²) in [7, 11) is 0. The van der Waals surface area contributed by atoms with Gasteiger partial charge in [0.1, 0.15) is 5.82 Å². The molecule has 2 aliphatic rings. The number of anilines is 1. The molecule has 0 spiro atoms. The van der Waals surface area contributed by atoms with Crippen molar-refractivity contribution in [2.45, 2.75) is 39.2 Å². The summed E-state index contributed by atoms with van der Waals surface area (Å²) < 4.78 is 13.1. The van der Waals surface area contributed by atoms with E-state index in [-0.39, 0.29) is 17.8 Å². The lowest BCUT2D eigenvalue weighted by molar-refractivity contribution is -0.135. The Kier molecular flexibility index (Phi) is 5.69. The fourth-order valence-electron chi connectivity index (χ4n) is 4.42. The number of benzene rings is 1. The monoisotopic (exact) mass is 377 g/mol. The molecular weight excluding hydrogens is 349 g/mol. The predicted molar refractivity (Wildman–Crippen MR) is 101 cm³/mol. The highest BCUT2D eigenvalue weighted by Gasteiger charge is 2.52. The van der Waals surface area contributed by atoms with Crippen molar-refractivity contribution in [1.82, 2.24) is 9.80 Å². The fourth-order valence-corrected chi connectivity index (χ4v) is 4.42. The average Bonchev–Trinajstić information content (AvgIpc) is 2.95. The molecule has 0 aliphatic carbocycles. The number of carbonyl (C=O) groups excluding carboxylic acids is 1. The second-order valence-electron chi connectivity index (χ2n) is 7.57. The molecule has 0 unspecified atom stereocenters. The second-order valence-corrected chi connectivity index (χ2v) is 7.57. The zero-order valence-electron chi connectivity index (χ0n) is 16.0. The summed E-state index contributed by atoms with van der Waals surface area (Å²) in [5.41, 5.74) is 0.453. The van der Waals surface area contributed by atoms with Crippen LogP contribution in [0.3, 0.4) is 0 Å². The van der Waals surface area contributed by atoms with E-state index in [1.54, 1.807) is 12.1 Å². The number of halogens is 1. The summed E-state index contributed by atoms with van der Waals surface area (Å²) in [5, 5.41) is 9.57. The van der Waals surface area contributed by atoms with Gasteiger partial charge < -0.3 is 10.0 Å². The fraction of sp³-hybridized carbons (Fsp3) is 0.600. The number of hydrogen-bond acceptors (Lipinski definition) is 4.